The van der Waals surface area contributed by atoms with Gasteiger partial charge >= 0.3 is 0 Å². The lowest BCUT2D eigenvalue weighted by atomic mass is 9.79. The second-order valence-corrected chi connectivity index (χ2v) is 18.1. The topological polar surface area (TPSA) is 36.9 Å². The van der Waals surface area contributed by atoms with Crippen molar-refractivity contribution in [3.8, 4) is 112 Å². The fourth-order valence-corrected chi connectivity index (χ4v) is 10.8. The van der Waals surface area contributed by atoms with Gasteiger partial charge in [0.1, 0.15) is 23.0 Å². The Morgan fingerprint density at radius 1 is 0.194 bits per heavy atom. The molecule has 12 rings (SSSR count). The van der Waals surface area contributed by atoms with Crippen molar-refractivity contribution in [2.24, 2.45) is 0 Å². The normalized spacial score (nSPS) is 11.3. The minimum Gasteiger partial charge on any atom is -0.497 e. The Kier molecular flexibility index (Phi) is 11.4. The zero-order valence-corrected chi connectivity index (χ0v) is 40.6. The smallest absolute Gasteiger partial charge is 0.118 e. The molecule has 0 saturated carbocycles. The average Bonchev–Trinajstić information content (AvgIpc) is 3.46. The molecule has 4 nitrogen and oxygen atoms in total. The molecule has 0 atom stereocenters. The van der Waals surface area contributed by atoms with Crippen LogP contribution in [0.3, 0.4) is 0 Å². The molecule has 0 aromatic heterocycles. The first kappa shape index (κ1) is 44.1. The third kappa shape index (κ3) is 7.65. The Hall–Kier alpha value is -9.12. The first-order valence-electron chi connectivity index (χ1n) is 24.3. The number of methoxy groups -OCH3 is 4. The van der Waals surface area contributed by atoms with Gasteiger partial charge in [-0.3, -0.25) is 0 Å². The van der Waals surface area contributed by atoms with Gasteiger partial charge in [0.05, 0.1) is 28.4 Å². The van der Waals surface area contributed by atoms with Crippen molar-refractivity contribution in [1.82, 2.24) is 0 Å². The fourth-order valence-electron chi connectivity index (χ4n) is 10.8. The highest BCUT2D eigenvalue weighted by atomic mass is 16.5. The van der Waals surface area contributed by atoms with E-state index < -0.39 is 0 Å². The lowest BCUT2D eigenvalue weighted by Crippen LogP contribution is -1.97. The second-order valence-electron chi connectivity index (χ2n) is 18.1. The minimum atomic E-state index is 0.824. The van der Waals surface area contributed by atoms with Crippen LogP contribution in [0, 0.1) is 0 Å². The van der Waals surface area contributed by atoms with E-state index in [0.29, 0.717) is 0 Å². The van der Waals surface area contributed by atoms with Crippen LogP contribution in [-0.2, 0) is 0 Å². The number of benzene rings is 12. The van der Waals surface area contributed by atoms with Gasteiger partial charge in [-0.1, -0.05) is 170 Å². The molecule has 72 heavy (non-hydrogen) atoms. The van der Waals surface area contributed by atoms with Gasteiger partial charge in [-0.2, -0.15) is 0 Å². The Balaban J connectivity index is 1.23. The van der Waals surface area contributed by atoms with Crippen LogP contribution in [0.4, 0.5) is 0 Å². The predicted octanol–water partition coefficient (Wildman–Crippen LogP) is 18.0. The molecule has 0 aliphatic rings. The summed E-state index contributed by atoms with van der Waals surface area (Å²) in [7, 11) is 6.85. The maximum atomic E-state index is 5.62. The zero-order chi connectivity index (χ0) is 48.7. The first-order valence-corrected chi connectivity index (χ1v) is 24.3. The van der Waals surface area contributed by atoms with Gasteiger partial charge in [0.25, 0.3) is 0 Å². The van der Waals surface area contributed by atoms with Crippen molar-refractivity contribution in [2.45, 2.75) is 0 Å². The van der Waals surface area contributed by atoms with Gasteiger partial charge in [-0.15, -0.1) is 0 Å². The molecule has 0 fully saturated rings. The van der Waals surface area contributed by atoms with Crippen LogP contribution in [0.25, 0.3) is 121 Å². The summed E-state index contributed by atoms with van der Waals surface area (Å²) in [5.41, 5.74) is 18.3. The van der Waals surface area contributed by atoms with Gasteiger partial charge < -0.3 is 18.9 Å². The van der Waals surface area contributed by atoms with Crippen LogP contribution >= 0.6 is 0 Å². The van der Waals surface area contributed by atoms with Crippen molar-refractivity contribution in [1.29, 1.82) is 0 Å². The lowest BCUT2D eigenvalue weighted by Gasteiger charge is -2.24. The summed E-state index contributed by atoms with van der Waals surface area (Å²) < 4.78 is 22.5. The first-order chi connectivity index (χ1) is 35.5. The molecular weight excluding hydrogens is 881 g/mol. The van der Waals surface area contributed by atoms with E-state index in [1.54, 1.807) is 28.4 Å². The van der Waals surface area contributed by atoms with Crippen molar-refractivity contribution < 1.29 is 18.9 Å². The van der Waals surface area contributed by atoms with Crippen LogP contribution in [0.2, 0.25) is 0 Å². The Labute approximate surface area is 420 Å². The summed E-state index contributed by atoms with van der Waals surface area (Å²) in [5, 5.41) is 7.18. The number of ether oxygens (including phenoxy) is 4. The van der Waals surface area contributed by atoms with E-state index in [1.165, 1.54) is 32.3 Å². The highest BCUT2D eigenvalue weighted by molar-refractivity contribution is 6.33. The van der Waals surface area contributed by atoms with Crippen molar-refractivity contribution in [2.75, 3.05) is 28.4 Å². The standard InChI is InChI=1S/C68H50O4/c1-69-47-29-21-43(22-30-47)51-13-5-9-17-55(51)63-41-64(56-18-10-6-14-52(56)44-23-31-48(70-2)32-24-44)60-39-40-62-66(58-20-12-8-16-54(58)46-27-35-50(72-4)36-28-46)42-65(61-38-37-59(63)67(60)68(61)62)57-19-11-7-15-53(57)45-25-33-49(71-3)34-26-45/h5-42H,1-4H3. The van der Waals surface area contributed by atoms with Crippen LogP contribution in [-0.4, -0.2) is 28.4 Å². The quantitative estimate of drug-likeness (QED) is 0.114. The van der Waals surface area contributed by atoms with Crippen molar-refractivity contribution in [3.63, 3.8) is 0 Å². The molecular formula is C68H50O4. The van der Waals surface area contributed by atoms with E-state index >= 15 is 0 Å². The summed E-state index contributed by atoms with van der Waals surface area (Å²) >= 11 is 0. The summed E-state index contributed by atoms with van der Waals surface area (Å²) in [4.78, 5) is 0. The highest BCUT2D eigenvalue weighted by Crippen LogP contribution is 2.52. The monoisotopic (exact) mass is 930 g/mol. The molecule has 4 heteroatoms. The van der Waals surface area contributed by atoms with Gasteiger partial charge in [0, 0.05) is 0 Å². The van der Waals surface area contributed by atoms with E-state index in [1.807, 2.05) is 48.5 Å². The number of rotatable bonds is 12. The van der Waals surface area contributed by atoms with E-state index in [-0.39, 0.29) is 0 Å². The molecule has 0 unspecified atom stereocenters. The van der Waals surface area contributed by atoms with Crippen LogP contribution < -0.4 is 18.9 Å². The van der Waals surface area contributed by atoms with Gasteiger partial charge in [-0.25, -0.2) is 0 Å². The summed E-state index contributed by atoms with van der Waals surface area (Å²) in [6.07, 6.45) is 0. The zero-order valence-electron chi connectivity index (χ0n) is 40.6. The van der Waals surface area contributed by atoms with Crippen LogP contribution in [0.15, 0.2) is 231 Å². The lowest BCUT2D eigenvalue weighted by molar-refractivity contribution is 0.415. The Morgan fingerprint density at radius 3 is 0.583 bits per heavy atom. The van der Waals surface area contributed by atoms with E-state index in [2.05, 4.69) is 182 Å². The summed E-state index contributed by atoms with van der Waals surface area (Å²) in [6, 6.07) is 83.2. The van der Waals surface area contributed by atoms with Gasteiger partial charge in [0.15, 0.2) is 0 Å². The maximum absolute atomic E-state index is 5.62. The SMILES string of the molecule is COc1ccc(-c2ccccc2-c2cc(-c3ccccc3-c3ccc(OC)cc3)c3ccc4c(-c5ccccc5-c5ccc(OC)cc5)cc(-c5ccccc5-c5ccc(OC)cc5)c5ccc2c3c54)cc1. The van der Waals surface area contributed by atoms with Gasteiger partial charge in [0.2, 0.25) is 0 Å². The van der Waals surface area contributed by atoms with E-state index in [0.717, 1.165) is 112 Å². The predicted molar refractivity (Wildman–Crippen MR) is 300 cm³/mol. The third-order valence-electron chi connectivity index (χ3n) is 14.4. The summed E-state index contributed by atoms with van der Waals surface area (Å²) in [5.74, 6) is 3.30. The molecule has 0 heterocycles. The van der Waals surface area contributed by atoms with E-state index in [4.69, 9.17) is 18.9 Å². The molecule has 0 aliphatic carbocycles. The van der Waals surface area contributed by atoms with Crippen molar-refractivity contribution in [3.05, 3.63) is 231 Å². The molecule has 346 valence electrons. The minimum absolute atomic E-state index is 0.824. The third-order valence-corrected chi connectivity index (χ3v) is 14.4. The maximum Gasteiger partial charge on any atom is 0.118 e. The fraction of sp³-hybridized carbons (Fsp3) is 0.0588. The Morgan fingerprint density at radius 2 is 0.389 bits per heavy atom. The molecule has 0 bridgehead atoms. The largest absolute Gasteiger partial charge is 0.497 e. The van der Waals surface area contributed by atoms with Crippen LogP contribution in [0.1, 0.15) is 0 Å². The highest BCUT2D eigenvalue weighted by Gasteiger charge is 2.25. The van der Waals surface area contributed by atoms with E-state index in [9.17, 15) is 0 Å². The second kappa shape index (κ2) is 18.7. The number of hydrogen-bond acceptors (Lipinski definition) is 4. The molecule has 0 radical (unpaired) electrons. The van der Waals surface area contributed by atoms with Crippen LogP contribution in [0.5, 0.6) is 23.0 Å². The molecule has 12 aromatic rings. The molecule has 0 N–H and O–H groups in total. The average molecular weight is 931 g/mol. The summed E-state index contributed by atoms with van der Waals surface area (Å²) in [6.45, 7) is 0. The molecule has 12 aromatic carbocycles. The van der Waals surface area contributed by atoms with Crippen molar-refractivity contribution >= 4 is 32.3 Å². The molecule has 0 saturated heterocycles. The van der Waals surface area contributed by atoms with Gasteiger partial charge in [-0.05, 0) is 182 Å². The molecule has 0 amide bonds. The number of hydrogen-bond donors (Lipinski definition) is 0. The molecule has 0 aliphatic heterocycles. The molecule has 0 spiro atoms. The Bertz CT molecular complexity index is 3420.